The van der Waals surface area contributed by atoms with E-state index < -0.39 is 0 Å². The topological polar surface area (TPSA) is 44.3 Å². The first kappa shape index (κ1) is 10.1. The molecule has 2 aliphatic rings. The highest BCUT2D eigenvalue weighted by Gasteiger charge is 2.35. The Labute approximate surface area is 95.9 Å². The molecule has 3 rings (SSSR count). The molecule has 86 valence electrons. The predicted octanol–water partition coefficient (Wildman–Crippen LogP) is 1.89. The van der Waals surface area contributed by atoms with E-state index in [9.17, 15) is 5.11 Å². The smallest absolute Gasteiger partial charge is 0.121 e. The zero-order valence-electron chi connectivity index (χ0n) is 9.32. The molecular weight excluding hydrogens is 200 g/mol. The second-order valence-electron chi connectivity index (χ2n) is 4.82. The monoisotopic (exact) mass is 218 g/mol. The minimum Gasteiger partial charge on any atom is -0.508 e. The van der Waals surface area contributed by atoms with E-state index in [-0.39, 0.29) is 6.17 Å². The fourth-order valence-corrected chi connectivity index (χ4v) is 2.92. The lowest BCUT2D eigenvalue weighted by Crippen LogP contribution is -2.36. The van der Waals surface area contributed by atoms with Gasteiger partial charge in [-0.05, 0) is 18.9 Å². The highest BCUT2D eigenvalue weighted by atomic mass is 16.3. The molecule has 0 radical (unpaired) electrons. The van der Waals surface area contributed by atoms with Gasteiger partial charge in [0.1, 0.15) is 5.75 Å². The Hall–Kier alpha value is -1.06. The summed E-state index contributed by atoms with van der Waals surface area (Å²) in [6.45, 7) is 0. The molecule has 1 aliphatic heterocycles. The van der Waals surface area contributed by atoms with Gasteiger partial charge in [-0.25, -0.2) is 0 Å². The number of phenolic OH excluding ortho intramolecular Hbond substituents is 1. The number of fused-ring (bicyclic) bond motifs is 1. The van der Waals surface area contributed by atoms with E-state index in [1.165, 1.54) is 25.7 Å². The zero-order chi connectivity index (χ0) is 11.0. The molecule has 0 amide bonds. The standard InChI is InChI=1S/C13H18N2O/c16-12-8-4-1-5-9(12)13-14-10-6-2-3-7-11(10)15-13/h1,4-5,8,10-11,13-16H,2-3,6-7H2. The number of phenols is 1. The molecule has 1 saturated heterocycles. The molecule has 1 aromatic rings. The van der Waals surface area contributed by atoms with Crippen LogP contribution in [-0.4, -0.2) is 17.2 Å². The summed E-state index contributed by atoms with van der Waals surface area (Å²) in [5.41, 5.74) is 0.969. The van der Waals surface area contributed by atoms with Gasteiger partial charge >= 0.3 is 0 Å². The third kappa shape index (κ3) is 1.70. The van der Waals surface area contributed by atoms with Crippen molar-refractivity contribution < 1.29 is 5.11 Å². The lowest BCUT2D eigenvalue weighted by Gasteiger charge is -2.23. The van der Waals surface area contributed by atoms with Crippen LogP contribution < -0.4 is 10.6 Å². The number of nitrogens with one attached hydrogen (secondary N) is 2. The second-order valence-corrected chi connectivity index (χ2v) is 4.82. The number of hydrogen-bond donors (Lipinski definition) is 3. The van der Waals surface area contributed by atoms with Crippen molar-refractivity contribution in [3.63, 3.8) is 0 Å². The van der Waals surface area contributed by atoms with Gasteiger partial charge < -0.3 is 5.11 Å². The van der Waals surface area contributed by atoms with Crippen LogP contribution in [0.1, 0.15) is 37.4 Å². The van der Waals surface area contributed by atoms with Crippen molar-refractivity contribution >= 4 is 0 Å². The third-order valence-electron chi connectivity index (χ3n) is 3.78. The Bertz CT molecular complexity index is 366. The number of para-hydroxylation sites is 1. The van der Waals surface area contributed by atoms with Crippen LogP contribution in [-0.2, 0) is 0 Å². The van der Waals surface area contributed by atoms with Crippen molar-refractivity contribution in [2.75, 3.05) is 0 Å². The second kappa shape index (κ2) is 4.07. The molecule has 1 saturated carbocycles. The molecular formula is C13H18N2O. The van der Waals surface area contributed by atoms with Crippen LogP contribution in [0, 0.1) is 0 Å². The van der Waals surface area contributed by atoms with Crippen molar-refractivity contribution in [3.8, 4) is 5.75 Å². The molecule has 3 heteroatoms. The molecule has 16 heavy (non-hydrogen) atoms. The van der Waals surface area contributed by atoms with E-state index in [0.29, 0.717) is 17.8 Å². The number of rotatable bonds is 1. The summed E-state index contributed by atoms with van der Waals surface area (Å²) in [7, 11) is 0. The summed E-state index contributed by atoms with van der Waals surface area (Å²) in [6.07, 6.45) is 5.27. The van der Waals surface area contributed by atoms with E-state index in [0.717, 1.165) is 5.56 Å². The molecule has 1 aromatic carbocycles. The molecule has 2 atom stereocenters. The molecule has 3 N–H and O–H groups in total. The first-order valence-corrected chi connectivity index (χ1v) is 6.14. The van der Waals surface area contributed by atoms with Gasteiger partial charge in [0.25, 0.3) is 0 Å². The minimum atomic E-state index is 0.120. The maximum absolute atomic E-state index is 9.82. The van der Waals surface area contributed by atoms with Crippen LogP contribution in [0.3, 0.4) is 0 Å². The fourth-order valence-electron chi connectivity index (χ4n) is 2.92. The largest absolute Gasteiger partial charge is 0.508 e. The van der Waals surface area contributed by atoms with Crippen molar-refractivity contribution in [1.29, 1.82) is 0 Å². The molecule has 0 spiro atoms. The van der Waals surface area contributed by atoms with E-state index >= 15 is 0 Å². The Balaban J connectivity index is 1.80. The average molecular weight is 218 g/mol. The minimum absolute atomic E-state index is 0.120. The van der Waals surface area contributed by atoms with E-state index in [2.05, 4.69) is 10.6 Å². The Morgan fingerprint density at radius 3 is 2.25 bits per heavy atom. The summed E-state index contributed by atoms with van der Waals surface area (Å²) in [5, 5.41) is 17.0. The number of benzene rings is 1. The SMILES string of the molecule is Oc1ccccc1C1NC2CCCCC2N1. The molecule has 3 nitrogen and oxygen atoms in total. The van der Waals surface area contributed by atoms with E-state index in [1.807, 2.05) is 18.2 Å². The van der Waals surface area contributed by atoms with Crippen LogP contribution in [0.2, 0.25) is 0 Å². The van der Waals surface area contributed by atoms with Gasteiger partial charge in [0.05, 0.1) is 6.17 Å². The van der Waals surface area contributed by atoms with Crippen LogP contribution >= 0.6 is 0 Å². The van der Waals surface area contributed by atoms with Crippen molar-refractivity contribution in [2.45, 2.75) is 43.9 Å². The van der Waals surface area contributed by atoms with Gasteiger partial charge in [0.2, 0.25) is 0 Å². The maximum atomic E-state index is 9.82. The fraction of sp³-hybridized carbons (Fsp3) is 0.538. The van der Waals surface area contributed by atoms with Crippen LogP contribution in [0.25, 0.3) is 0 Å². The summed E-state index contributed by atoms with van der Waals surface area (Å²) in [5.74, 6) is 0.381. The van der Waals surface area contributed by atoms with Crippen LogP contribution in [0.5, 0.6) is 5.75 Å². The number of aromatic hydroxyl groups is 1. The quantitative estimate of drug-likeness (QED) is 0.674. The van der Waals surface area contributed by atoms with Crippen LogP contribution in [0.15, 0.2) is 24.3 Å². The first-order chi connectivity index (χ1) is 7.84. The van der Waals surface area contributed by atoms with Gasteiger partial charge in [0.15, 0.2) is 0 Å². The molecule has 2 fully saturated rings. The highest BCUT2D eigenvalue weighted by Crippen LogP contribution is 2.31. The molecule has 0 aromatic heterocycles. The first-order valence-electron chi connectivity index (χ1n) is 6.14. The molecule has 2 unspecified atom stereocenters. The third-order valence-corrected chi connectivity index (χ3v) is 3.78. The normalized spacial score (nSPS) is 33.6. The molecule has 1 heterocycles. The molecule has 0 bridgehead atoms. The van der Waals surface area contributed by atoms with Gasteiger partial charge in [-0.15, -0.1) is 0 Å². The van der Waals surface area contributed by atoms with Crippen molar-refractivity contribution in [3.05, 3.63) is 29.8 Å². The number of hydrogen-bond acceptors (Lipinski definition) is 3. The summed E-state index contributed by atoms with van der Waals surface area (Å²) < 4.78 is 0. The summed E-state index contributed by atoms with van der Waals surface area (Å²) >= 11 is 0. The lowest BCUT2D eigenvalue weighted by atomic mass is 9.92. The molecule has 1 aliphatic carbocycles. The average Bonchev–Trinajstić information content (AvgIpc) is 2.73. The maximum Gasteiger partial charge on any atom is 0.121 e. The summed E-state index contributed by atoms with van der Waals surface area (Å²) in [6, 6.07) is 8.73. The lowest BCUT2D eigenvalue weighted by molar-refractivity contribution is 0.374. The van der Waals surface area contributed by atoms with Gasteiger partial charge in [-0.3, -0.25) is 10.6 Å². The predicted molar refractivity (Wildman–Crippen MR) is 63.2 cm³/mol. The van der Waals surface area contributed by atoms with Crippen molar-refractivity contribution in [1.82, 2.24) is 10.6 Å². The van der Waals surface area contributed by atoms with Crippen LogP contribution in [0.4, 0.5) is 0 Å². The van der Waals surface area contributed by atoms with Gasteiger partial charge in [-0.1, -0.05) is 31.0 Å². The Morgan fingerprint density at radius 2 is 1.62 bits per heavy atom. The Morgan fingerprint density at radius 1 is 1.00 bits per heavy atom. The van der Waals surface area contributed by atoms with E-state index in [1.54, 1.807) is 6.07 Å². The Kier molecular flexibility index (Phi) is 2.58. The van der Waals surface area contributed by atoms with Gasteiger partial charge in [0, 0.05) is 17.6 Å². The van der Waals surface area contributed by atoms with Gasteiger partial charge in [-0.2, -0.15) is 0 Å². The van der Waals surface area contributed by atoms with Crippen molar-refractivity contribution in [2.24, 2.45) is 0 Å². The highest BCUT2D eigenvalue weighted by molar-refractivity contribution is 5.35. The zero-order valence-corrected chi connectivity index (χ0v) is 9.32. The summed E-state index contributed by atoms with van der Waals surface area (Å²) in [4.78, 5) is 0. The van der Waals surface area contributed by atoms with E-state index in [4.69, 9.17) is 0 Å².